The third-order valence-corrected chi connectivity index (χ3v) is 4.68. The van der Waals surface area contributed by atoms with Gasteiger partial charge in [0.2, 0.25) is 0 Å². The summed E-state index contributed by atoms with van der Waals surface area (Å²) >= 11 is 6.16. The lowest BCUT2D eigenvalue weighted by molar-refractivity contribution is 0.393. The number of halogens is 1. The zero-order valence-corrected chi connectivity index (χ0v) is 15.3. The minimum Gasteiger partial charge on any atom is -0.495 e. The van der Waals surface area contributed by atoms with E-state index in [4.69, 9.17) is 26.5 Å². The van der Waals surface area contributed by atoms with Crippen LogP contribution in [0, 0.1) is 0 Å². The second-order valence-electron chi connectivity index (χ2n) is 6.52. The quantitative estimate of drug-likeness (QED) is 0.705. The van der Waals surface area contributed by atoms with Crippen LogP contribution in [0.15, 0.2) is 53.4 Å². The summed E-state index contributed by atoms with van der Waals surface area (Å²) in [6.45, 7) is 4.63. The molecule has 2 N–H and O–H groups in total. The minimum atomic E-state index is -0.267. The number of hydrogen-bond acceptors (Lipinski definition) is 4. The van der Waals surface area contributed by atoms with Gasteiger partial charge >= 0.3 is 0 Å². The van der Waals surface area contributed by atoms with Crippen LogP contribution in [0.4, 0.5) is 0 Å². The van der Waals surface area contributed by atoms with Crippen LogP contribution in [0.1, 0.15) is 19.6 Å². The summed E-state index contributed by atoms with van der Waals surface area (Å²) in [6, 6.07) is 9.65. The molecule has 0 aliphatic rings. The molecule has 25 heavy (non-hydrogen) atoms. The van der Waals surface area contributed by atoms with Crippen molar-refractivity contribution in [1.82, 2.24) is 4.98 Å². The number of furan rings is 1. The highest BCUT2D eigenvalue weighted by Gasteiger charge is 2.27. The Kier molecular flexibility index (Phi) is 4.84. The van der Waals surface area contributed by atoms with Crippen LogP contribution >= 0.6 is 11.6 Å². The van der Waals surface area contributed by atoms with E-state index in [9.17, 15) is 0 Å². The molecule has 0 unspecified atom stereocenters. The van der Waals surface area contributed by atoms with Crippen molar-refractivity contribution in [3.63, 3.8) is 0 Å². The number of aromatic nitrogens is 1. The Hall–Kier alpha value is -2.30. The molecule has 3 aromatic rings. The number of methoxy groups -OCH3 is 1. The van der Waals surface area contributed by atoms with Crippen LogP contribution in [-0.2, 0) is 5.41 Å². The van der Waals surface area contributed by atoms with E-state index >= 15 is 0 Å². The molecule has 3 rings (SSSR count). The highest BCUT2D eigenvalue weighted by atomic mass is 35.5. The highest BCUT2D eigenvalue weighted by molar-refractivity contribution is 6.32. The molecule has 2 heterocycles. The minimum absolute atomic E-state index is 0.267. The molecule has 0 aliphatic carbocycles. The Morgan fingerprint density at radius 2 is 1.96 bits per heavy atom. The first-order valence-electron chi connectivity index (χ1n) is 8.04. The lowest BCUT2D eigenvalue weighted by Gasteiger charge is -2.22. The smallest absolute Gasteiger partial charge is 0.138 e. The van der Waals surface area contributed by atoms with E-state index < -0.39 is 0 Å². The van der Waals surface area contributed by atoms with Crippen LogP contribution in [0.25, 0.3) is 22.3 Å². The summed E-state index contributed by atoms with van der Waals surface area (Å²) < 4.78 is 11.1. The maximum atomic E-state index is 6.16. The van der Waals surface area contributed by atoms with Gasteiger partial charge in [0, 0.05) is 35.5 Å². The molecule has 0 amide bonds. The Morgan fingerprint density at radius 3 is 2.68 bits per heavy atom. The van der Waals surface area contributed by atoms with Gasteiger partial charge < -0.3 is 14.9 Å². The van der Waals surface area contributed by atoms with Crippen molar-refractivity contribution < 1.29 is 9.15 Å². The fraction of sp³-hybridized carbons (Fsp3) is 0.250. The van der Waals surface area contributed by atoms with Gasteiger partial charge in [0.15, 0.2) is 0 Å². The fourth-order valence-electron chi connectivity index (χ4n) is 2.82. The largest absolute Gasteiger partial charge is 0.495 e. The molecule has 130 valence electrons. The first-order chi connectivity index (χ1) is 12.0. The molecule has 2 aromatic heterocycles. The average molecular weight is 357 g/mol. The van der Waals surface area contributed by atoms with Crippen molar-refractivity contribution in [1.29, 1.82) is 0 Å². The van der Waals surface area contributed by atoms with Crippen molar-refractivity contribution in [2.75, 3.05) is 13.7 Å². The van der Waals surface area contributed by atoms with Gasteiger partial charge in [0.1, 0.15) is 11.5 Å². The van der Waals surface area contributed by atoms with Gasteiger partial charge in [-0.3, -0.25) is 4.98 Å². The highest BCUT2D eigenvalue weighted by Crippen LogP contribution is 2.40. The van der Waals surface area contributed by atoms with Crippen molar-refractivity contribution in [2.24, 2.45) is 5.73 Å². The van der Waals surface area contributed by atoms with Crippen LogP contribution < -0.4 is 10.5 Å². The second kappa shape index (κ2) is 6.90. The maximum absolute atomic E-state index is 6.16. The van der Waals surface area contributed by atoms with Crippen molar-refractivity contribution >= 4 is 11.6 Å². The van der Waals surface area contributed by atoms with Gasteiger partial charge in [0.25, 0.3) is 0 Å². The number of benzene rings is 1. The van der Waals surface area contributed by atoms with E-state index in [1.807, 2.05) is 36.5 Å². The monoisotopic (exact) mass is 356 g/mol. The van der Waals surface area contributed by atoms with E-state index in [1.165, 1.54) is 0 Å². The molecule has 0 aliphatic heterocycles. The molecule has 0 fully saturated rings. The first-order valence-corrected chi connectivity index (χ1v) is 8.42. The summed E-state index contributed by atoms with van der Waals surface area (Å²) in [5.41, 5.74) is 9.68. The summed E-state index contributed by atoms with van der Waals surface area (Å²) in [6.07, 6.45) is 5.32. The lowest BCUT2D eigenvalue weighted by atomic mass is 9.85. The predicted molar refractivity (Wildman–Crippen MR) is 101 cm³/mol. The Balaban J connectivity index is 2.18. The maximum Gasteiger partial charge on any atom is 0.138 e. The van der Waals surface area contributed by atoms with Crippen molar-refractivity contribution in [2.45, 2.75) is 19.3 Å². The van der Waals surface area contributed by atoms with Gasteiger partial charge in [0.05, 0.1) is 18.4 Å². The molecule has 0 bridgehead atoms. The third-order valence-electron chi connectivity index (χ3n) is 4.36. The van der Waals surface area contributed by atoms with Gasteiger partial charge in [-0.1, -0.05) is 31.5 Å². The van der Waals surface area contributed by atoms with Crippen molar-refractivity contribution in [3.8, 4) is 28.0 Å². The number of nitrogens with zero attached hydrogens (tertiary/aromatic N) is 1. The number of nitrogens with two attached hydrogens (primary N) is 1. The molecule has 0 radical (unpaired) electrons. The van der Waals surface area contributed by atoms with E-state index in [0.717, 1.165) is 28.0 Å². The van der Waals surface area contributed by atoms with Gasteiger partial charge in [-0.25, -0.2) is 0 Å². The standard InChI is InChI=1S/C20H21ClN2O2/c1-20(2,12-22)19-15(7-9-25-19)14-6-8-23-11-16(14)13-4-5-17(21)18(10-13)24-3/h4-11H,12,22H2,1-3H3. The number of pyridine rings is 1. The number of rotatable bonds is 5. The Morgan fingerprint density at radius 1 is 1.16 bits per heavy atom. The third kappa shape index (κ3) is 3.28. The van der Waals surface area contributed by atoms with E-state index in [2.05, 4.69) is 18.8 Å². The predicted octanol–water partition coefficient (Wildman–Crippen LogP) is 4.91. The zero-order valence-electron chi connectivity index (χ0n) is 14.5. The normalized spacial score (nSPS) is 11.6. The molecule has 0 saturated carbocycles. The number of ether oxygens (including phenoxy) is 1. The zero-order chi connectivity index (χ0) is 18.0. The van der Waals surface area contributed by atoms with E-state index in [1.54, 1.807) is 19.6 Å². The molecular weight excluding hydrogens is 336 g/mol. The SMILES string of the molecule is COc1cc(-c2cnccc2-c2ccoc2C(C)(C)CN)ccc1Cl. The second-order valence-corrected chi connectivity index (χ2v) is 6.93. The van der Waals surface area contributed by atoms with Crippen molar-refractivity contribution in [3.05, 3.63) is 59.8 Å². The van der Waals surface area contributed by atoms with E-state index in [0.29, 0.717) is 17.3 Å². The van der Waals surface area contributed by atoms with Gasteiger partial charge in [-0.15, -0.1) is 0 Å². The molecule has 0 saturated heterocycles. The van der Waals surface area contributed by atoms with Crippen LogP contribution in [0.3, 0.4) is 0 Å². The average Bonchev–Trinajstić information content (AvgIpc) is 3.13. The molecule has 4 nitrogen and oxygen atoms in total. The summed E-state index contributed by atoms with van der Waals surface area (Å²) in [5.74, 6) is 1.49. The summed E-state index contributed by atoms with van der Waals surface area (Å²) in [5, 5.41) is 0.574. The molecular formula is C20H21ClN2O2. The van der Waals surface area contributed by atoms with Gasteiger partial charge in [-0.2, -0.15) is 0 Å². The van der Waals surface area contributed by atoms with Crippen LogP contribution in [0.5, 0.6) is 5.75 Å². The van der Waals surface area contributed by atoms with E-state index in [-0.39, 0.29) is 5.41 Å². The Bertz CT molecular complexity index is 887. The lowest BCUT2D eigenvalue weighted by Crippen LogP contribution is -2.28. The fourth-order valence-corrected chi connectivity index (χ4v) is 3.02. The molecule has 0 spiro atoms. The summed E-state index contributed by atoms with van der Waals surface area (Å²) in [4.78, 5) is 4.29. The Labute approximate surface area is 152 Å². The summed E-state index contributed by atoms with van der Waals surface area (Å²) in [7, 11) is 1.60. The van der Waals surface area contributed by atoms with Crippen LogP contribution in [-0.4, -0.2) is 18.6 Å². The molecule has 1 aromatic carbocycles. The van der Waals surface area contributed by atoms with Crippen LogP contribution in [0.2, 0.25) is 5.02 Å². The first kappa shape index (κ1) is 17.5. The molecule has 0 atom stereocenters. The number of hydrogen-bond donors (Lipinski definition) is 1. The molecule has 5 heteroatoms. The topological polar surface area (TPSA) is 61.3 Å². The van der Waals surface area contributed by atoms with Gasteiger partial charge in [-0.05, 0) is 35.4 Å².